The molecule has 10 nitrogen and oxygen atoms in total. The summed E-state index contributed by atoms with van der Waals surface area (Å²) in [6.07, 6.45) is 4.09. The van der Waals surface area contributed by atoms with Crippen LogP contribution in [0.3, 0.4) is 0 Å². The SMILES string of the molecule is CCS(=O)(=O)Cl.CCS(=O)(=O)Nc1ccc(Oc2ccc(SC)cc2)c(CN(C)C)c1.CSc1ccc(Oc2ccc(N)cc2CN(C)C)cc1. The topological polar surface area (TPSA) is 131 Å². The second-order valence-corrected chi connectivity index (χ2v) is 18.4. The molecule has 0 aliphatic heterocycles. The lowest BCUT2D eigenvalue weighted by molar-refractivity contribution is 0.388. The van der Waals surface area contributed by atoms with E-state index in [1.807, 2.05) is 100 Å². The van der Waals surface area contributed by atoms with Gasteiger partial charge in [0.25, 0.3) is 0 Å². The minimum atomic E-state index is -3.30. The summed E-state index contributed by atoms with van der Waals surface area (Å²) in [5.41, 5.74) is 9.16. The summed E-state index contributed by atoms with van der Waals surface area (Å²) in [4.78, 5) is 6.50. The van der Waals surface area contributed by atoms with Crippen molar-refractivity contribution in [2.24, 2.45) is 0 Å². The molecule has 0 radical (unpaired) electrons. The summed E-state index contributed by atoms with van der Waals surface area (Å²) in [6.45, 7) is 4.53. The molecule has 0 aliphatic carbocycles. The fourth-order valence-corrected chi connectivity index (χ4v) is 5.61. The number of rotatable bonds is 14. The Bertz CT molecular complexity index is 1880. The quantitative estimate of drug-likeness (QED) is 0.0724. The molecule has 0 aliphatic rings. The highest BCUT2D eigenvalue weighted by Crippen LogP contribution is 2.31. The largest absolute Gasteiger partial charge is 0.457 e. The van der Waals surface area contributed by atoms with Crippen LogP contribution in [0.25, 0.3) is 0 Å². The van der Waals surface area contributed by atoms with Crippen molar-refractivity contribution in [2.75, 3.05) is 62.7 Å². The Morgan fingerprint density at radius 3 is 1.45 bits per heavy atom. The lowest BCUT2D eigenvalue weighted by Crippen LogP contribution is -2.16. The Kier molecular flexibility index (Phi) is 18.5. The number of thioether (sulfide) groups is 2. The van der Waals surface area contributed by atoms with Gasteiger partial charge in [-0.1, -0.05) is 6.92 Å². The van der Waals surface area contributed by atoms with Gasteiger partial charge in [-0.25, -0.2) is 16.8 Å². The molecule has 0 atom stereocenters. The van der Waals surface area contributed by atoms with E-state index in [0.717, 1.165) is 40.6 Å². The molecular formula is C36H49ClN4O6S4. The third-order valence-corrected chi connectivity index (χ3v) is 10.8. The molecule has 0 spiro atoms. The van der Waals surface area contributed by atoms with Gasteiger partial charge in [0.1, 0.15) is 23.0 Å². The maximum Gasteiger partial charge on any atom is 0.232 e. The van der Waals surface area contributed by atoms with Crippen molar-refractivity contribution in [3.05, 3.63) is 96.1 Å². The van der Waals surface area contributed by atoms with Crippen LogP contribution in [0.1, 0.15) is 25.0 Å². The van der Waals surface area contributed by atoms with Crippen LogP contribution in [-0.4, -0.2) is 78.8 Å². The van der Waals surface area contributed by atoms with Crippen molar-refractivity contribution in [3.63, 3.8) is 0 Å². The zero-order valence-corrected chi connectivity index (χ0v) is 34.4. The molecule has 0 bridgehead atoms. The number of hydrogen-bond acceptors (Lipinski definition) is 11. The number of nitrogens with one attached hydrogen (secondary N) is 1. The van der Waals surface area contributed by atoms with Gasteiger partial charge in [-0.3, -0.25) is 4.72 Å². The van der Waals surface area contributed by atoms with Crippen LogP contribution in [0.5, 0.6) is 23.0 Å². The van der Waals surface area contributed by atoms with Crippen LogP contribution in [0.15, 0.2) is 94.7 Å². The monoisotopic (exact) mass is 796 g/mol. The average Bonchev–Trinajstić information content (AvgIpc) is 3.07. The second kappa shape index (κ2) is 21.4. The van der Waals surface area contributed by atoms with Gasteiger partial charge in [-0.05, 0) is 133 Å². The summed E-state index contributed by atoms with van der Waals surface area (Å²) >= 11 is 3.40. The van der Waals surface area contributed by atoms with Crippen molar-refractivity contribution < 1.29 is 26.3 Å². The number of ether oxygens (including phenoxy) is 2. The van der Waals surface area contributed by atoms with E-state index in [-0.39, 0.29) is 11.5 Å². The molecule has 0 aromatic heterocycles. The van der Waals surface area contributed by atoms with Crippen LogP contribution in [0, 0.1) is 0 Å². The third-order valence-electron chi connectivity index (χ3n) is 6.69. The predicted molar refractivity (Wildman–Crippen MR) is 217 cm³/mol. The molecular weight excluding hydrogens is 748 g/mol. The van der Waals surface area contributed by atoms with Gasteiger partial charge in [0.15, 0.2) is 0 Å². The Morgan fingerprint density at radius 2 is 1.08 bits per heavy atom. The molecule has 0 heterocycles. The van der Waals surface area contributed by atoms with E-state index in [4.69, 9.17) is 15.2 Å². The van der Waals surface area contributed by atoms with Gasteiger partial charge in [-0.2, -0.15) is 0 Å². The molecule has 0 fully saturated rings. The minimum absolute atomic E-state index is 0.00849. The molecule has 0 amide bonds. The molecule has 4 aromatic rings. The zero-order valence-electron chi connectivity index (χ0n) is 30.3. The van der Waals surface area contributed by atoms with E-state index < -0.39 is 19.1 Å². The Morgan fingerprint density at radius 1 is 0.667 bits per heavy atom. The van der Waals surface area contributed by atoms with Gasteiger partial charge in [0.05, 0.1) is 11.5 Å². The lowest BCUT2D eigenvalue weighted by atomic mass is 10.1. The first-order chi connectivity index (χ1) is 24.0. The maximum atomic E-state index is 11.8. The van der Waals surface area contributed by atoms with Gasteiger partial charge >= 0.3 is 0 Å². The molecule has 280 valence electrons. The minimum Gasteiger partial charge on any atom is -0.457 e. The Labute approximate surface area is 317 Å². The van der Waals surface area contributed by atoms with E-state index in [1.54, 1.807) is 42.6 Å². The normalized spacial score (nSPS) is 11.3. The van der Waals surface area contributed by atoms with E-state index in [1.165, 1.54) is 16.7 Å². The van der Waals surface area contributed by atoms with Gasteiger partial charge in [0.2, 0.25) is 19.1 Å². The maximum absolute atomic E-state index is 11.8. The molecule has 4 rings (SSSR count). The summed E-state index contributed by atoms with van der Waals surface area (Å²) in [6, 6.07) is 27.1. The number of hydrogen-bond donors (Lipinski definition) is 2. The van der Waals surface area contributed by atoms with E-state index in [9.17, 15) is 16.8 Å². The smallest absolute Gasteiger partial charge is 0.232 e. The number of anilines is 2. The molecule has 0 saturated carbocycles. The van der Waals surface area contributed by atoms with Gasteiger partial charge in [-0.15, -0.1) is 23.5 Å². The molecule has 0 unspecified atom stereocenters. The fourth-order valence-electron chi connectivity index (χ4n) is 4.16. The molecule has 0 saturated heterocycles. The summed E-state index contributed by atoms with van der Waals surface area (Å²) in [5.74, 6) is 3.20. The van der Waals surface area contributed by atoms with Crippen molar-refractivity contribution in [3.8, 4) is 23.0 Å². The van der Waals surface area contributed by atoms with Crippen molar-refractivity contribution in [2.45, 2.75) is 36.7 Å². The molecule has 15 heteroatoms. The Balaban J connectivity index is 0.000000310. The van der Waals surface area contributed by atoms with Crippen LogP contribution < -0.4 is 19.9 Å². The molecule has 51 heavy (non-hydrogen) atoms. The number of nitrogens with two attached hydrogens (primary N) is 1. The first-order valence-corrected chi connectivity index (χ1v) is 22.4. The van der Waals surface area contributed by atoms with Crippen LogP contribution >= 0.6 is 34.2 Å². The third kappa shape index (κ3) is 17.3. The van der Waals surface area contributed by atoms with E-state index in [0.29, 0.717) is 18.0 Å². The number of nitrogens with zero attached hydrogens (tertiary/aromatic N) is 2. The van der Waals surface area contributed by atoms with Crippen LogP contribution in [0.2, 0.25) is 0 Å². The lowest BCUT2D eigenvalue weighted by Gasteiger charge is -2.17. The highest BCUT2D eigenvalue weighted by Gasteiger charge is 2.12. The van der Waals surface area contributed by atoms with E-state index in [2.05, 4.69) is 38.7 Å². The van der Waals surface area contributed by atoms with Crippen molar-refractivity contribution in [1.82, 2.24) is 9.80 Å². The number of benzene rings is 4. The first kappa shape index (κ1) is 44.1. The second-order valence-electron chi connectivity index (χ2n) is 11.6. The number of nitrogen functional groups attached to an aromatic ring is 1. The van der Waals surface area contributed by atoms with Crippen molar-refractivity contribution >= 4 is 64.7 Å². The molecule has 3 N–H and O–H groups in total. The highest BCUT2D eigenvalue weighted by atomic mass is 35.7. The zero-order chi connectivity index (χ0) is 38.2. The summed E-state index contributed by atoms with van der Waals surface area (Å²) in [7, 11) is 6.17. The number of halogens is 1. The van der Waals surface area contributed by atoms with Crippen LogP contribution in [-0.2, 0) is 32.2 Å². The summed E-state index contributed by atoms with van der Waals surface area (Å²) in [5, 5.41) is 0. The predicted octanol–water partition coefficient (Wildman–Crippen LogP) is 8.44. The average molecular weight is 798 g/mol. The molecule has 4 aromatic carbocycles. The number of sulfonamides is 1. The standard InChI is InChI=1S/C18H24N2O3S2.C16H20N2OS.C2H5ClO2S/c1-5-25(21,22)19-15-6-11-18(14(12-15)13-20(2)3)23-16-7-9-17(24-4)10-8-16;1-18(2)11-12-10-13(17)4-9-16(12)19-14-5-7-15(20-3)8-6-14;1-2-6(3,4)5/h6-12,19H,5,13H2,1-4H3;4-10H,11,17H2,1-3H3;2H2,1H3. The van der Waals surface area contributed by atoms with Crippen molar-refractivity contribution in [1.29, 1.82) is 0 Å². The fraction of sp³-hybridized carbons (Fsp3) is 0.333. The Hall–Kier alpha value is -3.11. The highest BCUT2D eigenvalue weighted by molar-refractivity contribution is 8.13. The first-order valence-electron chi connectivity index (χ1n) is 15.8. The van der Waals surface area contributed by atoms with Gasteiger partial charge < -0.3 is 25.0 Å². The van der Waals surface area contributed by atoms with E-state index >= 15 is 0 Å². The summed E-state index contributed by atoms with van der Waals surface area (Å²) < 4.78 is 57.7. The van der Waals surface area contributed by atoms with Crippen LogP contribution in [0.4, 0.5) is 11.4 Å². The van der Waals surface area contributed by atoms with Gasteiger partial charge in [0, 0.05) is 56.1 Å².